The van der Waals surface area contributed by atoms with Gasteiger partial charge in [0.15, 0.2) is 6.61 Å². The number of hydrogen-bond acceptors (Lipinski definition) is 7. The number of ketones is 1. The number of ether oxygens (including phenoxy) is 1. The van der Waals surface area contributed by atoms with Crippen molar-refractivity contribution in [2.24, 2.45) is 0 Å². The molecule has 3 rings (SSSR count). The summed E-state index contributed by atoms with van der Waals surface area (Å²) in [5.74, 6) is -1.28. The summed E-state index contributed by atoms with van der Waals surface area (Å²) < 4.78 is 22.9. The monoisotopic (exact) mass is 402 g/mol. The Labute approximate surface area is 162 Å². The van der Waals surface area contributed by atoms with Gasteiger partial charge < -0.3 is 14.2 Å². The minimum absolute atomic E-state index is 0.115. The zero-order valence-electron chi connectivity index (χ0n) is 14.7. The number of benzene rings is 1. The van der Waals surface area contributed by atoms with Gasteiger partial charge in [-0.05, 0) is 36.1 Å². The average Bonchev–Trinajstić information content (AvgIpc) is 3.18. The number of aromatic nitrogens is 2. The molecule has 2 aromatic heterocycles. The SMILES string of the molecule is CCSc1c[nH]c(=O)c(C(=O)OCC(=O)c2cc(-c3ccc(F)cc3)no2)c1. The molecule has 0 saturated heterocycles. The Balaban J connectivity index is 1.66. The Morgan fingerprint density at radius 1 is 1.25 bits per heavy atom. The molecule has 0 fully saturated rings. The van der Waals surface area contributed by atoms with E-state index in [1.165, 1.54) is 54.4 Å². The van der Waals surface area contributed by atoms with Crippen molar-refractivity contribution in [2.45, 2.75) is 11.8 Å². The predicted octanol–water partition coefficient (Wildman–Crippen LogP) is 3.32. The van der Waals surface area contributed by atoms with Gasteiger partial charge in [-0.3, -0.25) is 9.59 Å². The molecule has 0 aliphatic heterocycles. The van der Waals surface area contributed by atoms with E-state index in [1.807, 2.05) is 6.92 Å². The second kappa shape index (κ2) is 8.66. The molecular weight excluding hydrogens is 387 g/mol. The molecule has 28 heavy (non-hydrogen) atoms. The van der Waals surface area contributed by atoms with Crippen molar-refractivity contribution in [1.29, 1.82) is 0 Å². The fourth-order valence-electron chi connectivity index (χ4n) is 2.31. The number of nitrogens with zero attached hydrogens (tertiary/aromatic N) is 1. The van der Waals surface area contributed by atoms with Gasteiger partial charge in [0.1, 0.15) is 17.1 Å². The highest BCUT2D eigenvalue weighted by molar-refractivity contribution is 7.99. The minimum Gasteiger partial charge on any atom is -0.453 e. The molecule has 0 aliphatic carbocycles. The van der Waals surface area contributed by atoms with E-state index in [0.29, 0.717) is 16.2 Å². The molecule has 0 saturated carbocycles. The van der Waals surface area contributed by atoms with Crippen molar-refractivity contribution >= 4 is 23.5 Å². The topological polar surface area (TPSA) is 102 Å². The first kappa shape index (κ1) is 19.6. The van der Waals surface area contributed by atoms with E-state index in [4.69, 9.17) is 9.26 Å². The Morgan fingerprint density at radius 3 is 2.71 bits per heavy atom. The number of carbonyl (C=O) groups excluding carboxylic acids is 2. The lowest BCUT2D eigenvalue weighted by atomic mass is 10.1. The number of rotatable bonds is 7. The number of hydrogen-bond donors (Lipinski definition) is 1. The summed E-state index contributed by atoms with van der Waals surface area (Å²) in [6, 6.07) is 8.30. The third kappa shape index (κ3) is 4.55. The molecule has 9 heteroatoms. The molecule has 0 atom stereocenters. The van der Waals surface area contributed by atoms with Gasteiger partial charge in [0.2, 0.25) is 11.5 Å². The van der Waals surface area contributed by atoms with Crippen molar-refractivity contribution in [3.8, 4) is 11.3 Å². The molecular formula is C19H15FN2O5S. The highest BCUT2D eigenvalue weighted by atomic mass is 32.2. The van der Waals surface area contributed by atoms with Crippen LogP contribution in [-0.2, 0) is 4.74 Å². The van der Waals surface area contributed by atoms with Crippen LogP contribution in [0.15, 0.2) is 56.8 Å². The number of carbonyl (C=O) groups is 2. The maximum absolute atomic E-state index is 13.0. The normalized spacial score (nSPS) is 10.6. The predicted molar refractivity (Wildman–Crippen MR) is 100.0 cm³/mol. The zero-order chi connectivity index (χ0) is 20.1. The van der Waals surface area contributed by atoms with E-state index >= 15 is 0 Å². The maximum atomic E-state index is 13.0. The highest BCUT2D eigenvalue weighted by Crippen LogP contribution is 2.20. The van der Waals surface area contributed by atoms with E-state index in [9.17, 15) is 18.8 Å². The first-order valence-electron chi connectivity index (χ1n) is 8.26. The summed E-state index contributed by atoms with van der Waals surface area (Å²) in [5.41, 5.74) is 0.125. The first-order valence-corrected chi connectivity index (χ1v) is 9.25. The minimum atomic E-state index is -0.911. The molecule has 3 aromatic rings. The molecule has 1 N–H and O–H groups in total. The summed E-state index contributed by atoms with van der Waals surface area (Å²) in [4.78, 5) is 39.3. The Hall–Kier alpha value is -3.20. The summed E-state index contributed by atoms with van der Waals surface area (Å²) >= 11 is 1.45. The van der Waals surface area contributed by atoms with E-state index < -0.39 is 29.7 Å². The number of pyridine rings is 1. The number of thioether (sulfide) groups is 1. The Bertz CT molecular complexity index is 1060. The van der Waals surface area contributed by atoms with Crippen LogP contribution in [0.5, 0.6) is 0 Å². The number of halogens is 1. The summed E-state index contributed by atoms with van der Waals surface area (Å²) in [5, 5.41) is 3.75. The van der Waals surface area contributed by atoms with Gasteiger partial charge in [-0.25, -0.2) is 9.18 Å². The van der Waals surface area contributed by atoms with E-state index in [0.717, 1.165) is 5.75 Å². The molecule has 2 heterocycles. The van der Waals surface area contributed by atoms with Gasteiger partial charge in [0, 0.05) is 22.7 Å². The van der Waals surface area contributed by atoms with Gasteiger partial charge in [-0.2, -0.15) is 0 Å². The molecule has 144 valence electrons. The first-order chi connectivity index (χ1) is 13.5. The van der Waals surface area contributed by atoms with Crippen molar-refractivity contribution in [3.63, 3.8) is 0 Å². The van der Waals surface area contributed by atoms with Crippen LogP contribution < -0.4 is 5.56 Å². The summed E-state index contributed by atoms with van der Waals surface area (Å²) in [6.45, 7) is 1.32. The van der Waals surface area contributed by atoms with Crippen LogP contribution in [0.3, 0.4) is 0 Å². The van der Waals surface area contributed by atoms with Crippen LogP contribution in [0.1, 0.15) is 27.8 Å². The third-order valence-electron chi connectivity index (χ3n) is 3.67. The van der Waals surface area contributed by atoms with Crippen LogP contribution in [0, 0.1) is 5.82 Å². The molecule has 0 unspecified atom stereocenters. The maximum Gasteiger partial charge on any atom is 0.344 e. The van der Waals surface area contributed by atoms with Crippen LogP contribution in [0.25, 0.3) is 11.3 Å². The van der Waals surface area contributed by atoms with Gasteiger partial charge in [-0.1, -0.05) is 12.1 Å². The molecule has 0 bridgehead atoms. The number of esters is 1. The van der Waals surface area contributed by atoms with Crippen molar-refractivity contribution < 1.29 is 23.2 Å². The van der Waals surface area contributed by atoms with Crippen molar-refractivity contribution in [2.75, 3.05) is 12.4 Å². The van der Waals surface area contributed by atoms with Crippen molar-refractivity contribution in [1.82, 2.24) is 10.1 Å². The van der Waals surface area contributed by atoms with Crippen molar-refractivity contribution in [3.05, 3.63) is 70.1 Å². The largest absolute Gasteiger partial charge is 0.453 e. The number of nitrogens with one attached hydrogen (secondary N) is 1. The standard InChI is InChI=1S/C19H15FN2O5S/c1-2-28-13-7-14(18(24)21-9-13)19(25)26-10-16(23)17-8-15(22-27-17)11-3-5-12(20)6-4-11/h3-9H,2,10H2,1H3,(H,21,24). The van der Waals surface area contributed by atoms with Gasteiger partial charge >= 0.3 is 5.97 Å². The summed E-state index contributed by atoms with van der Waals surface area (Å²) in [6.07, 6.45) is 1.50. The number of Topliss-reactive ketones (excluding diaryl/α,β-unsaturated/α-hetero) is 1. The lowest BCUT2D eigenvalue weighted by molar-refractivity contribution is 0.0463. The van der Waals surface area contributed by atoms with E-state index in [1.54, 1.807) is 0 Å². The fraction of sp³-hybridized carbons (Fsp3) is 0.158. The summed E-state index contributed by atoms with van der Waals surface area (Å²) in [7, 11) is 0. The van der Waals surface area contributed by atoms with E-state index in [-0.39, 0.29) is 11.3 Å². The Morgan fingerprint density at radius 2 is 2.00 bits per heavy atom. The van der Waals surface area contributed by atoms with Crippen LogP contribution in [0.2, 0.25) is 0 Å². The average molecular weight is 402 g/mol. The molecule has 7 nitrogen and oxygen atoms in total. The van der Waals surface area contributed by atoms with Crippen LogP contribution >= 0.6 is 11.8 Å². The van der Waals surface area contributed by atoms with Crippen LogP contribution in [-0.4, -0.2) is 34.3 Å². The van der Waals surface area contributed by atoms with Gasteiger partial charge in [0.25, 0.3) is 5.56 Å². The molecule has 0 aliphatic rings. The molecule has 0 amide bonds. The molecule has 1 aromatic carbocycles. The second-order valence-electron chi connectivity index (χ2n) is 5.59. The fourth-order valence-corrected chi connectivity index (χ4v) is 2.99. The lowest BCUT2D eigenvalue weighted by Gasteiger charge is -2.04. The van der Waals surface area contributed by atoms with Gasteiger partial charge in [-0.15, -0.1) is 11.8 Å². The Kier molecular flexibility index (Phi) is 6.05. The molecule has 0 spiro atoms. The number of H-pyrrole nitrogens is 1. The van der Waals surface area contributed by atoms with Crippen LogP contribution in [0.4, 0.5) is 4.39 Å². The van der Waals surface area contributed by atoms with Gasteiger partial charge in [0.05, 0.1) is 0 Å². The van der Waals surface area contributed by atoms with E-state index in [2.05, 4.69) is 10.1 Å². The second-order valence-corrected chi connectivity index (χ2v) is 6.93. The smallest absolute Gasteiger partial charge is 0.344 e. The lowest BCUT2D eigenvalue weighted by Crippen LogP contribution is -2.21. The number of aromatic amines is 1. The quantitative estimate of drug-likeness (QED) is 0.367. The highest BCUT2D eigenvalue weighted by Gasteiger charge is 2.19. The third-order valence-corrected chi connectivity index (χ3v) is 4.52. The molecule has 0 radical (unpaired) electrons. The zero-order valence-corrected chi connectivity index (χ0v) is 15.5.